The van der Waals surface area contributed by atoms with Gasteiger partial charge in [0.05, 0.1) is 11.5 Å². The first kappa shape index (κ1) is 35.7. The van der Waals surface area contributed by atoms with Crippen molar-refractivity contribution in [3.05, 3.63) is 34.9 Å². The number of esters is 1. The summed E-state index contributed by atoms with van der Waals surface area (Å²) in [6, 6.07) is 6.90. The van der Waals surface area contributed by atoms with Crippen molar-refractivity contribution >= 4 is 29.4 Å². The number of hydrogen-bond acceptors (Lipinski definition) is 7. The molecule has 0 aromatic heterocycles. The molecule has 1 aromatic carbocycles. The van der Waals surface area contributed by atoms with Gasteiger partial charge in [0.25, 0.3) is 5.91 Å². The van der Waals surface area contributed by atoms with Crippen molar-refractivity contribution in [1.82, 2.24) is 26.4 Å². The molecule has 0 radical (unpaired) electrons. The molecule has 0 unspecified atom stereocenters. The summed E-state index contributed by atoms with van der Waals surface area (Å²) in [7, 11) is 0. The van der Waals surface area contributed by atoms with Crippen molar-refractivity contribution in [2.75, 3.05) is 26.2 Å². The summed E-state index contributed by atoms with van der Waals surface area (Å²) >= 11 is 6.14. The SMILES string of the molecule is CC(C)(C)NC(=O)C1(C2CCCCC2)CCN(NC(=O)[C@@H](Cc2ccc(Cl)cc2)NC[C@@]2(C(=O)OC(C)(C)C)CCCN2)CC1. The Labute approximate surface area is 275 Å². The molecule has 9 nitrogen and oxygen atoms in total. The lowest BCUT2D eigenvalue weighted by molar-refractivity contribution is -0.162. The van der Waals surface area contributed by atoms with Crippen molar-refractivity contribution in [2.24, 2.45) is 11.3 Å². The lowest BCUT2D eigenvalue weighted by atomic mass is 9.63. The predicted molar refractivity (Wildman–Crippen MR) is 179 cm³/mol. The van der Waals surface area contributed by atoms with E-state index < -0.39 is 22.6 Å². The molecule has 1 aliphatic carbocycles. The largest absolute Gasteiger partial charge is 0.459 e. The predicted octanol–water partition coefficient (Wildman–Crippen LogP) is 4.91. The van der Waals surface area contributed by atoms with Crippen LogP contribution >= 0.6 is 11.6 Å². The van der Waals surface area contributed by atoms with Gasteiger partial charge in [-0.1, -0.05) is 43.0 Å². The van der Waals surface area contributed by atoms with Gasteiger partial charge in [-0.3, -0.25) is 15.0 Å². The van der Waals surface area contributed by atoms with Gasteiger partial charge >= 0.3 is 5.97 Å². The van der Waals surface area contributed by atoms with Gasteiger partial charge in [-0.05, 0) is 117 Å². The van der Waals surface area contributed by atoms with E-state index in [1.807, 2.05) is 70.8 Å². The van der Waals surface area contributed by atoms with Crippen molar-refractivity contribution in [3.8, 4) is 0 Å². The lowest BCUT2D eigenvalue weighted by Gasteiger charge is -2.47. The fraction of sp³-hybridized carbons (Fsp3) is 0.743. The number of nitrogens with one attached hydrogen (secondary N) is 4. The molecule has 10 heteroatoms. The molecule has 2 aliphatic heterocycles. The first-order valence-corrected chi connectivity index (χ1v) is 17.3. The minimum atomic E-state index is -0.892. The molecule has 1 aromatic rings. The van der Waals surface area contributed by atoms with Gasteiger partial charge in [0.15, 0.2) is 0 Å². The summed E-state index contributed by atoms with van der Waals surface area (Å²) in [5.41, 5.74) is 1.92. The van der Waals surface area contributed by atoms with E-state index in [4.69, 9.17) is 16.3 Å². The molecule has 4 N–H and O–H groups in total. The van der Waals surface area contributed by atoms with Gasteiger partial charge in [0, 0.05) is 30.2 Å². The zero-order valence-corrected chi connectivity index (χ0v) is 29.1. The summed E-state index contributed by atoms with van der Waals surface area (Å²) in [6.07, 6.45) is 9.10. The summed E-state index contributed by atoms with van der Waals surface area (Å²) in [5, 5.41) is 12.7. The van der Waals surface area contributed by atoms with Gasteiger partial charge < -0.3 is 20.7 Å². The molecule has 2 saturated heterocycles. The molecule has 45 heavy (non-hydrogen) atoms. The Morgan fingerprint density at radius 2 is 1.62 bits per heavy atom. The summed E-state index contributed by atoms with van der Waals surface area (Å²) in [6.45, 7) is 13.9. The van der Waals surface area contributed by atoms with Gasteiger partial charge in [-0.15, -0.1) is 0 Å². The van der Waals surface area contributed by atoms with E-state index in [0.29, 0.717) is 56.3 Å². The van der Waals surface area contributed by atoms with E-state index >= 15 is 0 Å². The Balaban J connectivity index is 1.46. The van der Waals surface area contributed by atoms with E-state index in [9.17, 15) is 14.4 Å². The molecule has 2 amide bonds. The number of hydrazine groups is 1. The zero-order valence-electron chi connectivity index (χ0n) is 28.3. The molecule has 0 bridgehead atoms. The number of hydrogen-bond donors (Lipinski definition) is 4. The van der Waals surface area contributed by atoms with Gasteiger partial charge in [0.2, 0.25) is 5.91 Å². The van der Waals surface area contributed by atoms with E-state index in [1.54, 1.807) is 0 Å². The Bertz CT molecular complexity index is 1160. The number of piperidine rings is 1. The summed E-state index contributed by atoms with van der Waals surface area (Å²) in [4.78, 5) is 41.1. The van der Waals surface area contributed by atoms with Crippen LogP contribution in [0.4, 0.5) is 0 Å². The maximum Gasteiger partial charge on any atom is 0.328 e. The second-order valence-electron chi connectivity index (χ2n) is 15.5. The minimum Gasteiger partial charge on any atom is -0.459 e. The smallest absolute Gasteiger partial charge is 0.328 e. The van der Waals surface area contributed by atoms with Gasteiger partial charge in [0.1, 0.15) is 11.1 Å². The second kappa shape index (κ2) is 14.7. The van der Waals surface area contributed by atoms with Crippen LogP contribution in [0.2, 0.25) is 5.02 Å². The lowest BCUT2D eigenvalue weighted by Crippen LogP contribution is -2.62. The number of nitrogens with zero attached hydrogens (tertiary/aromatic N) is 1. The fourth-order valence-corrected chi connectivity index (χ4v) is 7.31. The zero-order chi connectivity index (χ0) is 32.9. The highest BCUT2D eigenvalue weighted by molar-refractivity contribution is 6.30. The van der Waals surface area contributed by atoms with E-state index in [0.717, 1.165) is 24.8 Å². The molecule has 3 aliphatic rings. The van der Waals surface area contributed by atoms with Crippen LogP contribution in [0.5, 0.6) is 0 Å². The molecular formula is C35H56ClN5O4. The van der Waals surface area contributed by atoms with Crippen LogP contribution in [0.3, 0.4) is 0 Å². The van der Waals surface area contributed by atoms with Crippen molar-refractivity contribution in [1.29, 1.82) is 0 Å². The van der Waals surface area contributed by atoms with Gasteiger partial charge in [-0.25, -0.2) is 9.80 Å². The van der Waals surface area contributed by atoms with Crippen LogP contribution in [0.25, 0.3) is 0 Å². The Morgan fingerprint density at radius 1 is 0.978 bits per heavy atom. The normalized spacial score (nSPS) is 23.7. The first-order valence-electron chi connectivity index (χ1n) is 17.0. The molecule has 4 rings (SSSR count). The third-order valence-corrected chi connectivity index (χ3v) is 9.86. The fourth-order valence-electron chi connectivity index (χ4n) is 7.18. The first-order chi connectivity index (χ1) is 21.1. The van der Waals surface area contributed by atoms with E-state index in [-0.39, 0.29) is 29.9 Å². The third-order valence-electron chi connectivity index (χ3n) is 9.60. The summed E-state index contributed by atoms with van der Waals surface area (Å²) in [5.74, 6) is 0.0706. The molecule has 252 valence electrons. The van der Waals surface area contributed by atoms with Crippen LogP contribution in [0, 0.1) is 11.3 Å². The number of ether oxygens (including phenoxy) is 1. The topological polar surface area (TPSA) is 112 Å². The van der Waals surface area contributed by atoms with Crippen molar-refractivity contribution in [2.45, 2.75) is 128 Å². The highest BCUT2D eigenvalue weighted by atomic mass is 35.5. The Morgan fingerprint density at radius 3 is 2.18 bits per heavy atom. The average Bonchev–Trinajstić information content (AvgIpc) is 3.46. The van der Waals surface area contributed by atoms with Crippen molar-refractivity contribution in [3.63, 3.8) is 0 Å². The maximum absolute atomic E-state index is 13.9. The Kier molecular flexibility index (Phi) is 11.6. The number of carbonyl (C=O) groups is 3. The van der Waals surface area contributed by atoms with E-state index in [2.05, 4.69) is 21.4 Å². The van der Waals surface area contributed by atoms with Crippen LogP contribution in [0.1, 0.15) is 105 Å². The number of rotatable bonds is 10. The van der Waals surface area contributed by atoms with Crippen LogP contribution in [-0.2, 0) is 25.5 Å². The van der Waals surface area contributed by atoms with Crippen molar-refractivity contribution < 1.29 is 19.1 Å². The van der Waals surface area contributed by atoms with Crippen LogP contribution < -0.4 is 21.4 Å². The van der Waals surface area contributed by atoms with Gasteiger partial charge in [-0.2, -0.15) is 0 Å². The number of carbonyl (C=O) groups excluding carboxylic acids is 3. The molecule has 2 atom stereocenters. The van der Waals surface area contributed by atoms with E-state index in [1.165, 1.54) is 19.3 Å². The standard InChI is InChI=1S/C35H56ClN5O4/c1-32(2,3)39-30(43)34(26-11-8-7-9-12-26)18-21-41(22-19-34)40-29(42)28(23-25-13-15-27(36)16-14-25)37-24-35(17-10-20-38-35)31(44)45-33(4,5)6/h13-16,26,28,37-38H,7-12,17-24H2,1-6H3,(H,39,43)(H,40,42)/t28-,35-/m1/s1. The Hall–Kier alpha value is -2.20. The quantitative estimate of drug-likeness (QED) is 0.268. The maximum atomic E-state index is 13.9. The van der Waals surface area contributed by atoms with Crippen LogP contribution in [-0.4, -0.2) is 71.7 Å². The average molecular weight is 646 g/mol. The molecule has 3 fully saturated rings. The summed E-state index contributed by atoms with van der Waals surface area (Å²) < 4.78 is 5.79. The van der Waals surface area contributed by atoms with Crippen LogP contribution in [0.15, 0.2) is 24.3 Å². The highest BCUT2D eigenvalue weighted by Gasteiger charge is 2.49. The number of amides is 2. The monoisotopic (exact) mass is 645 g/mol. The minimum absolute atomic E-state index is 0.159. The molecule has 1 saturated carbocycles. The molecular weight excluding hydrogens is 590 g/mol. The molecule has 2 heterocycles. The third kappa shape index (κ3) is 9.66. The number of halogens is 1. The second-order valence-corrected chi connectivity index (χ2v) is 16.0. The highest BCUT2D eigenvalue weighted by Crippen LogP contribution is 2.46. The number of benzene rings is 1. The molecule has 0 spiro atoms.